The summed E-state index contributed by atoms with van der Waals surface area (Å²) in [7, 11) is 0. The third kappa shape index (κ3) is 2.59. The monoisotopic (exact) mass is 293 g/mol. The van der Waals surface area contributed by atoms with Crippen molar-refractivity contribution in [3.05, 3.63) is 56.7 Å². The molecular formula is C14H9Cl2NS. The second-order valence-corrected chi connectivity index (χ2v) is 5.50. The van der Waals surface area contributed by atoms with Crippen LogP contribution in [0.5, 0.6) is 0 Å². The Morgan fingerprint density at radius 1 is 1.33 bits per heavy atom. The third-order valence-electron chi connectivity index (χ3n) is 2.52. The van der Waals surface area contributed by atoms with Crippen LogP contribution in [0.2, 0.25) is 5.02 Å². The highest BCUT2D eigenvalue weighted by Crippen LogP contribution is 2.33. The number of hydrogen-bond acceptors (Lipinski definition) is 2. The molecular weight excluding hydrogens is 285 g/mol. The predicted octanol–water partition coefficient (Wildman–Crippen LogP) is 5.34. The van der Waals surface area contributed by atoms with E-state index in [4.69, 9.17) is 23.2 Å². The van der Waals surface area contributed by atoms with Gasteiger partial charge in [-0.25, -0.2) is 0 Å². The number of benzene rings is 1. The first-order valence-corrected chi connectivity index (χ1v) is 6.87. The van der Waals surface area contributed by atoms with Gasteiger partial charge in [0.25, 0.3) is 0 Å². The van der Waals surface area contributed by atoms with Crippen molar-refractivity contribution in [2.45, 2.75) is 6.92 Å². The van der Waals surface area contributed by atoms with Gasteiger partial charge in [-0.05, 0) is 41.6 Å². The Balaban J connectivity index is 2.58. The van der Waals surface area contributed by atoms with Gasteiger partial charge >= 0.3 is 0 Å². The van der Waals surface area contributed by atoms with E-state index in [2.05, 4.69) is 6.07 Å². The van der Waals surface area contributed by atoms with Gasteiger partial charge in [0.2, 0.25) is 0 Å². The number of rotatable bonds is 2. The number of nitrogens with zero attached hydrogens (tertiary/aromatic N) is 1. The Labute approximate surface area is 120 Å². The van der Waals surface area contributed by atoms with Crippen LogP contribution in [0.15, 0.2) is 35.7 Å². The first kappa shape index (κ1) is 13.2. The highest BCUT2D eigenvalue weighted by atomic mass is 35.5. The van der Waals surface area contributed by atoms with Gasteiger partial charge in [-0.2, -0.15) is 5.26 Å². The highest BCUT2D eigenvalue weighted by molar-refractivity contribution is 7.11. The van der Waals surface area contributed by atoms with E-state index in [9.17, 15) is 5.26 Å². The van der Waals surface area contributed by atoms with E-state index < -0.39 is 0 Å². The fourth-order valence-corrected chi connectivity index (χ4v) is 3.01. The van der Waals surface area contributed by atoms with Crippen LogP contribution in [0.4, 0.5) is 0 Å². The molecule has 1 aromatic carbocycles. The van der Waals surface area contributed by atoms with Crippen LogP contribution < -0.4 is 0 Å². The summed E-state index contributed by atoms with van der Waals surface area (Å²) >= 11 is 13.8. The smallest absolute Gasteiger partial charge is 0.102 e. The quantitative estimate of drug-likeness (QED) is 0.686. The highest BCUT2D eigenvalue weighted by Gasteiger charge is 2.12. The number of aryl methyl sites for hydroxylation is 1. The fourth-order valence-electron chi connectivity index (χ4n) is 1.64. The molecule has 2 rings (SSSR count). The summed E-state index contributed by atoms with van der Waals surface area (Å²) in [5.41, 5.74) is 2.29. The zero-order valence-corrected chi connectivity index (χ0v) is 11.9. The van der Waals surface area contributed by atoms with Crippen molar-refractivity contribution in [3.63, 3.8) is 0 Å². The van der Waals surface area contributed by atoms with E-state index in [0.717, 1.165) is 16.0 Å². The van der Waals surface area contributed by atoms with Crippen molar-refractivity contribution in [2.75, 3.05) is 0 Å². The van der Waals surface area contributed by atoms with Crippen LogP contribution in [-0.4, -0.2) is 0 Å². The number of nitriles is 1. The van der Waals surface area contributed by atoms with Crippen molar-refractivity contribution in [1.29, 1.82) is 5.26 Å². The summed E-state index contributed by atoms with van der Waals surface area (Å²) in [5, 5.41) is 12.3. The maximum absolute atomic E-state index is 9.26. The van der Waals surface area contributed by atoms with Gasteiger partial charge in [-0.1, -0.05) is 35.3 Å². The van der Waals surface area contributed by atoms with Crippen molar-refractivity contribution in [1.82, 2.24) is 0 Å². The molecule has 0 bridgehead atoms. The summed E-state index contributed by atoms with van der Waals surface area (Å²) in [5.74, 6) is 0. The topological polar surface area (TPSA) is 23.8 Å². The predicted molar refractivity (Wildman–Crippen MR) is 78.8 cm³/mol. The molecule has 2 aromatic rings. The van der Waals surface area contributed by atoms with Crippen LogP contribution in [0.1, 0.15) is 16.0 Å². The van der Waals surface area contributed by atoms with Crippen molar-refractivity contribution >= 4 is 45.1 Å². The Morgan fingerprint density at radius 3 is 2.67 bits per heavy atom. The Hall–Kier alpha value is -1.27. The number of hydrogen-bond donors (Lipinski definition) is 0. The van der Waals surface area contributed by atoms with Crippen LogP contribution >= 0.6 is 34.5 Å². The molecule has 0 saturated heterocycles. The third-order valence-corrected chi connectivity index (χ3v) is 4.04. The lowest BCUT2D eigenvalue weighted by molar-refractivity contribution is 1.44. The van der Waals surface area contributed by atoms with Gasteiger partial charge in [0.05, 0.1) is 10.6 Å². The maximum Gasteiger partial charge on any atom is 0.102 e. The van der Waals surface area contributed by atoms with E-state index in [-0.39, 0.29) is 0 Å². The Bertz CT molecular complexity index is 636. The summed E-state index contributed by atoms with van der Waals surface area (Å²) in [6.07, 6.45) is 0. The van der Waals surface area contributed by atoms with Gasteiger partial charge in [0.1, 0.15) is 6.07 Å². The summed E-state index contributed by atoms with van der Waals surface area (Å²) in [6, 6.07) is 11.4. The second-order valence-electron chi connectivity index (χ2n) is 3.74. The van der Waals surface area contributed by atoms with E-state index in [0.29, 0.717) is 15.6 Å². The summed E-state index contributed by atoms with van der Waals surface area (Å²) < 4.78 is 0. The van der Waals surface area contributed by atoms with Crippen molar-refractivity contribution < 1.29 is 0 Å². The second kappa shape index (κ2) is 5.58. The lowest BCUT2D eigenvalue weighted by Crippen LogP contribution is -1.87. The molecule has 0 N–H and O–H groups in total. The van der Waals surface area contributed by atoms with Gasteiger partial charge in [0, 0.05) is 9.90 Å². The lowest BCUT2D eigenvalue weighted by atomic mass is 10.1. The first-order valence-electron chi connectivity index (χ1n) is 5.23. The van der Waals surface area contributed by atoms with E-state index >= 15 is 0 Å². The molecule has 4 heteroatoms. The average molecular weight is 294 g/mol. The summed E-state index contributed by atoms with van der Waals surface area (Å²) in [4.78, 5) is 0.872. The van der Waals surface area contributed by atoms with E-state index in [1.54, 1.807) is 6.07 Å². The van der Waals surface area contributed by atoms with Crippen LogP contribution in [0, 0.1) is 18.3 Å². The van der Waals surface area contributed by atoms with E-state index in [1.165, 1.54) is 11.3 Å². The van der Waals surface area contributed by atoms with Crippen molar-refractivity contribution in [2.24, 2.45) is 0 Å². The van der Waals surface area contributed by atoms with Gasteiger partial charge in [-0.3, -0.25) is 0 Å². The molecule has 0 radical (unpaired) electrons. The molecule has 0 aliphatic heterocycles. The minimum atomic E-state index is 0.467. The summed E-state index contributed by atoms with van der Waals surface area (Å²) in [6.45, 7) is 1.92. The number of halogens is 2. The molecule has 0 unspecified atom stereocenters. The Kier molecular flexibility index (Phi) is 4.08. The van der Waals surface area contributed by atoms with Gasteiger partial charge < -0.3 is 0 Å². The molecule has 0 amide bonds. The van der Waals surface area contributed by atoms with E-state index in [1.807, 2.05) is 36.6 Å². The van der Waals surface area contributed by atoms with Crippen LogP contribution in [0.3, 0.4) is 0 Å². The lowest BCUT2D eigenvalue weighted by Gasteiger charge is -2.06. The minimum absolute atomic E-state index is 0.467. The SMILES string of the molecule is Cc1cc(Cl)ccc1/C(Cl)=C(/C#N)c1cccs1. The van der Waals surface area contributed by atoms with Crippen molar-refractivity contribution in [3.8, 4) is 6.07 Å². The zero-order chi connectivity index (χ0) is 13.1. The Morgan fingerprint density at radius 2 is 2.11 bits per heavy atom. The van der Waals surface area contributed by atoms with Gasteiger partial charge in [-0.15, -0.1) is 11.3 Å². The fraction of sp³-hybridized carbons (Fsp3) is 0.0714. The minimum Gasteiger partial charge on any atom is -0.192 e. The first-order chi connectivity index (χ1) is 8.63. The zero-order valence-electron chi connectivity index (χ0n) is 9.58. The maximum atomic E-state index is 9.26. The molecule has 0 saturated carbocycles. The molecule has 0 atom stereocenters. The molecule has 1 nitrogen and oxygen atoms in total. The standard InChI is InChI=1S/C14H9Cl2NS/c1-9-7-10(15)4-5-11(9)14(16)12(8-17)13-3-2-6-18-13/h2-7H,1H3/b14-12+. The molecule has 90 valence electrons. The van der Waals surface area contributed by atoms with Crippen LogP contribution in [0.25, 0.3) is 10.6 Å². The molecule has 0 fully saturated rings. The number of thiophene rings is 1. The molecule has 1 aromatic heterocycles. The molecule has 18 heavy (non-hydrogen) atoms. The largest absolute Gasteiger partial charge is 0.192 e. The van der Waals surface area contributed by atoms with Crippen LogP contribution in [-0.2, 0) is 0 Å². The van der Waals surface area contributed by atoms with Gasteiger partial charge in [0.15, 0.2) is 0 Å². The molecule has 0 spiro atoms. The normalized spacial score (nSPS) is 11.9. The molecule has 1 heterocycles. The molecule has 0 aliphatic carbocycles. The molecule has 0 aliphatic rings. The number of allylic oxidation sites excluding steroid dienone is 1. The average Bonchev–Trinajstić information content (AvgIpc) is 2.83.